The number of nitrogens with one attached hydrogen (secondary N) is 1. The summed E-state index contributed by atoms with van der Waals surface area (Å²) in [4.78, 5) is 12.9. The van der Waals surface area contributed by atoms with Gasteiger partial charge in [-0.05, 0) is 17.7 Å². The van der Waals surface area contributed by atoms with Crippen LogP contribution in [-0.2, 0) is 0 Å². The molecule has 5 nitrogen and oxygen atoms in total. The summed E-state index contributed by atoms with van der Waals surface area (Å²) in [6.07, 6.45) is 8.95. The van der Waals surface area contributed by atoms with E-state index >= 15 is 0 Å². The molecule has 0 atom stereocenters. The molecular weight excluding hydrogens is 238 g/mol. The number of aromatic amines is 1. The van der Waals surface area contributed by atoms with E-state index in [1.807, 2.05) is 24.4 Å². The number of H-pyrrole nitrogens is 1. The van der Waals surface area contributed by atoms with E-state index in [-0.39, 0.29) is 0 Å². The van der Waals surface area contributed by atoms with E-state index in [9.17, 15) is 0 Å². The van der Waals surface area contributed by atoms with Crippen LogP contribution in [0.1, 0.15) is 0 Å². The molecule has 0 bridgehead atoms. The Morgan fingerprint density at radius 3 is 2.84 bits per heavy atom. The fraction of sp³-hybridized carbons (Fsp3) is 0. The van der Waals surface area contributed by atoms with Gasteiger partial charge in [-0.25, -0.2) is 4.98 Å². The Bertz CT molecular complexity index is 876. The van der Waals surface area contributed by atoms with Crippen LogP contribution in [0.15, 0.2) is 49.2 Å². The minimum atomic E-state index is 0.776. The average molecular weight is 247 g/mol. The first kappa shape index (κ1) is 10.1. The van der Waals surface area contributed by atoms with Gasteiger partial charge in [0.05, 0.1) is 17.9 Å². The summed E-state index contributed by atoms with van der Waals surface area (Å²) in [7, 11) is 0. The van der Waals surface area contributed by atoms with Gasteiger partial charge in [0.1, 0.15) is 0 Å². The third-order valence-electron chi connectivity index (χ3n) is 3.17. The van der Waals surface area contributed by atoms with E-state index in [0.29, 0.717) is 0 Å². The zero-order chi connectivity index (χ0) is 12.7. The quantitative estimate of drug-likeness (QED) is 0.561. The van der Waals surface area contributed by atoms with Crippen molar-refractivity contribution in [1.82, 2.24) is 25.1 Å². The summed E-state index contributed by atoms with van der Waals surface area (Å²) in [5.41, 5.74) is 3.76. The van der Waals surface area contributed by atoms with Gasteiger partial charge in [0.25, 0.3) is 0 Å². The van der Waals surface area contributed by atoms with Gasteiger partial charge in [-0.3, -0.25) is 15.1 Å². The molecule has 0 unspecified atom stereocenters. The van der Waals surface area contributed by atoms with Gasteiger partial charge in [0.2, 0.25) is 0 Å². The first-order chi connectivity index (χ1) is 9.43. The largest absolute Gasteiger partial charge is 0.262 e. The molecule has 4 aromatic rings. The normalized spacial score (nSPS) is 11.2. The van der Waals surface area contributed by atoms with Crippen LogP contribution in [0, 0.1) is 0 Å². The van der Waals surface area contributed by atoms with Crippen LogP contribution >= 0.6 is 0 Å². The Balaban J connectivity index is 2.12. The second-order valence-corrected chi connectivity index (χ2v) is 4.25. The van der Waals surface area contributed by atoms with Crippen LogP contribution in [-0.4, -0.2) is 25.1 Å². The van der Waals surface area contributed by atoms with E-state index in [4.69, 9.17) is 0 Å². The topological polar surface area (TPSA) is 67.3 Å². The number of fused-ring (bicyclic) bond motifs is 2. The van der Waals surface area contributed by atoms with Crippen LogP contribution in [0.2, 0.25) is 0 Å². The van der Waals surface area contributed by atoms with Gasteiger partial charge in [0, 0.05) is 34.9 Å². The maximum Gasteiger partial charge on any atom is 0.155 e. The number of aromatic nitrogens is 5. The Labute approximate surface area is 108 Å². The molecule has 5 heteroatoms. The van der Waals surface area contributed by atoms with Gasteiger partial charge in [-0.15, -0.1) is 0 Å². The second kappa shape index (κ2) is 3.84. The van der Waals surface area contributed by atoms with E-state index in [1.165, 1.54) is 0 Å². The van der Waals surface area contributed by atoms with Crippen LogP contribution in [0.3, 0.4) is 0 Å². The van der Waals surface area contributed by atoms with Crippen molar-refractivity contribution < 1.29 is 0 Å². The average Bonchev–Trinajstić information content (AvgIpc) is 2.95. The van der Waals surface area contributed by atoms with Crippen LogP contribution < -0.4 is 0 Å². The predicted molar refractivity (Wildman–Crippen MR) is 72.4 cm³/mol. The molecule has 4 rings (SSSR count). The molecular formula is C14H9N5. The molecule has 1 N–H and O–H groups in total. The lowest BCUT2D eigenvalue weighted by molar-refractivity contribution is 1.10. The van der Waals surface area contributed by atoms with Crippen molar-refractivity contribution in [2.24, 2.45) is 0 Å². The fourth-order valence-corrected chi connectivity index (χ4v) is 2.30. The summed E-state index contributed by atoms with van der Waals surface area (Å²) in [5.74, 6) is 0. The molecule has 19 heavy (non-hydrogen) atoms. The van der Waals surface area contributed by atoms with Gasteiger partial charge >= 0.3 is 0 Å². The number of hydrogen-bond acceptors (Lipinski definition) is 4. The molecule has 90 valence electrons. The molecule has 0 aliphatic carbocycles. The number of hydrogen-bond donors (Lipinski definition) is 1. The highest BCUT2D eigenvalue weighted by Gasteiger charge is 2.09. The molecule has 0 aliphatic rings. The fourth-order valence-electron chi connectivity index (χ4n) is 2.30. The third-order valence-corrected chi connectivity index (χ3v) is 3.17. The first-order valence-corrected chi connectivity index (χ1v) is 5.91. The van der Waals surface area contributed by atoms with Crippen molar-refractivity contribution in [2.75, 3.05) is 0 Å². The third kappa shape index (κ3) is 1.48. The van der Waals surface area contributed by atoms with Gasteiger partial charge in [-0.2, -0.15) is 5.10 Å². The smallest absolute Gasteiger partial charge is 0.155 e. The van der Waals surface area contributed by atoms with Crippen molar-refractivity contribution in [3.8, 4) is 11.1 Å². The second-order valence-electron chi connectivity index (χ2n) is 4.25. The molecule has 0 saturated heterocycles. The lowest BCUT2D eigenvalue weighted by Crippen LogP contribution is -1.87. The Morgan fingerprint density at radius 1 is 0.842 bits per heavy atom. The lowest BCUT2D eigenvalue weighted by Gasteiger charge is -2.06. The van der Waals surface area contributed by atoms with Crippen molar-refractivity contribution in [3.05, 3.63) is 49.2 Å². The monoisotopic (exact) mass is 247 g/mol. The molecule has 0 spiro atoms. The summed E-state index contributed by atoms with van der Waals surface area (Å²) < 4.78 is 0. The van der Waals surface area contributed by atoms with Crippen molar-refractivity contribution in [1.29, 1.82) is 0 Å². The molecule has 4 heterocycles. The summed E-state index contributed by atoms with van der Waals surface area (Å²) in [5, 5.41) is 8.99. The first-order valence-electron chi connectivity index (χ1n) is 5.91. The minimum absolute atomic E-state index is 0.776. The van der Waals surface area contributed by atoms with Crippen molar-refractivity contribution >= 4 is 21.9 Å². The molecule has 0 radical (unpaired) electrons. The highest BCUT2D eigenvalue weighted by atomic mass is 15.1. The summed E-state index contributed by atoms with van der Waals surface area (Å²) in [6.45, 7) is 0. The maximum atomic E-state index is 4.33. The van der Waals surface area contributed by atoms with Gasteiger partial charge < -0.3 is 0 Å². The predicted octanol–water partition coefficient (Wildman–Crippen LogP) is 2.57. The standard InChI is InChI=1S/C14H9N5/c1-2-10-11(6-15-8-13(10)16-4-1)9-3-5-17-14-12(9)7-18-19-14/h1-8H,(H,17,18,19). The van der Waals surface area contributed by atoms with E-state index in [2.05, 4.69) is 25.1 Å². The Kier molecular flexibility index (Phi) is 2.05. The van der Waals surface area contributed by atoms with Crippen LogP contribution in [0.4, 0.5) is 0 Å². The van der Waals surface area contributed by atoms with Crippen LogP contribution in [0.25, 0.3) is 33.1 Å². The molecule has 0 aliphatic heterocycles. The van der Waals surface area contributed by atoms with Gasteiger partial charge in [0.15, 0.2) is 5.65 Å². The maximum absolute atomic E-state index is 4.33. The van der Waals surface area contributed by atoms with Crippen molar-refractivity contribution in [2.45, 2.75) is 0 Å². The highest BCUT2D eigenvalue weighted by molar-refractivity contribution is 6.01. The molecule has 4 aromatic heterocycles. The number of pyridine rings is 3. The zero-order valence-electron chi connectivity index (χ0n) is 9.91. The van der Waals surface area contributed by atoms with E-state index < -0.39 is 0 Å². The zero-order valence-corrected chi connectivity index (χ0v) is 9.91. The van der Waals surface area contributed by atoms with Gasteiger partial charge in [-0.1, -0.05) is 6.07 Å². The SMILES string of the molecule is c1cnc2cncc(-c3ccnc4[nH]ncc34)c2c1. The molecule has 0 saturated carbocycles. The lowest BCUT2D eigenvalue weighted by atomic mass is 10.0. The highest BCUT2D eigenvalue weighted by Crippen LogP contribution is 2.30. The van der Waals surface area contributed by atoms with Crippen LogP contribution in [0.5, 0.6) is 0 Å². The van der Waals surface area contributed by atoms with Crippen molar-refractivity contribution in [3.63, 3.8) is 0 Å². The Hall–Kier alpha value is -2.82. The van der Waals surface area contributed by atoms with E-state index in [1.54, 1.807) is 24.8 Å². The molecule has 0 fully saturated rings. The number of rotatable bonds is 1. The summed E-state index contributed by atoms with van der Waals surface area (Å²) in [6, 6.07) is 5.95. The summed E-state index contributed by atoms with van der Waals surface area (Å²) >= 11 is 0. The molecule has 0 aromatic carbocycles. The molecule has 0 amide bonds. The minimum Gasteiger partial charge on any atom is -0.262 e. The number of nitrogens with zero attached hydrogens (tertiary/aromatic N) is 4. The Morgan fingerprint density at radius 2 is 1.84 bits per heavy atom. The van der Waals surface area contributed by atoms with E-state index in [0.717, 1.165) is 33.1 Å².